The Morgan fingerprint density at radius 3 is 2.30 bits per heavy atom. The van der Waals surface area contributed by atoms with Crippen LogP contribution < -0.4 is 5.32 Å². The first-order chi connectivity index (χ1) is 12.6. The molecule has 27 heavy (non-hydrogen) atoms. The van der Waals surface area contributed by atoms with Gasteiger partial charge in [-0.25, -0.2) is 0 Å². The maximum absolute atomic E-state index is 13.1. The summed E-state index contributed by atoms with van der Waals surface area (Å²) < 4.78 is 39.4. The molecule has 4 nitrogen and oxygen atoms in total. The minimum atomic E-state index is -4.72. The van der Waals surface area contributed by atoms with E-state index in [4.69, 9.17) is 11.6 Å². The molecule has 0 unspecified atom stereocenters. The minimum absolute atomic E-state index is 0.125. The van der Waals surface area contributed by atoms with E-state index in [1.165, 1.54) is 11.0 Å². The maximum atomic E-state index is 13.1. The van der Waals surface area contributed by atoms with Gasteiger partial charge in [-0.3, -0.25) is 9.59 Å². The van der Waals surface area contributed by atoms with Crippen molar-refractivity contribution >= 4 is 29.1 Å². The van der Waals surface area contributed by atoms with Crippen LogP contribution in [-0.4, -0.2) is 22.8 Å². The normalized spacial score (nSPS) is 11.4. The first-order valence-electron chi connectivity index (χ1n) is 8.12. The molecular weight excluding hydrogens is 381 g/mol. The van der Waals surface area contributed by atoms with Crippen LogP contribution in [-0.2, 0) is 22.3 Å². The molecule has 0 aliphatic carbocycles. The summed E-state index contributed by atoms with van der Waals surface area (Å²) in [5, 5.41) is 1.93. The average Bonchev–Trinajstić information content (AvgIpc) is 2.60. The molecule has 0 aliphatic rings. The maximum Gasteiger partial charge on any atom is 0.418 e. The fraction of sp³-hybridized carbons (Fsp3) is 0.263. The van der Waals surface area contributed by atoms with Crippen LogP contribution >= 0.6 is 11.6 Å². The van der Waals surface area contributed by atoms with E-state index in [0.717, 1.165) is 11.6 Å². The van der Waals surface area contributed by atoms with Gasteiger partial charge in [-0.2, -0.15) is 13.2 Å². The third-order valence-electron chi connectivity index (χ3n) is 3.81. The monoisotopic (exact) mass is 398 g/mol. The summed E-state index contributed by atoms with van der Waals surface area (Å²) in [6, 6.07) is 11.6. The molecule has 2 aromatic carbocycles. The van der Waals surface area contributed by atoms with Gasteiger partial charge in [0.05, 0.1) is 11.3 Å². The number of carbonyl (C=O) groups excluding carboxylic acids is 2. The Morgan fingerprint density at radius 2 is 1.74 bits per heavy atom. The molecule has 0 radical (unpaired) electrons. The third-order valence-corrected chi connectivity index (χ3v) is 4.04. The third kappa shape index (κ3) is 5.47. The summed E-state index contributed by atoms with van der Waals surface area (Å²) in [5.41, 5.74) is -0.834. The summed E-state index contributed by atoms with van der Waals surface area (Å²) in [6.07, 6.45) is -4.72. The molecule has 8 heteroatoms. The Labute approximate surface area is 159 Å². The Morgan fingerprint density at radius 1 is 1.11 bits per heavy atom. The highest BCUT2D eigenvalue weighted by atomic mass is 35.5. The van der Waals surface area contributed by atoms with Crippen LogP contribution in [0.3, 0.4) is 0 Å². The van der Waals surface area contributed by atoms with Crippen molar-refractivity contribution in [3.63, 3.8) is 0 Å². The quantitative estimate of drug-likeness (QED) is 0.756. The predicted octanol–water partition coefficient (Wildman–Crippen LogP) is 4.73. The number of halogens is 4. The number of carbonyl (C=O) groups is 2. The Balaban J connectivity index is 2.22. The molecule has 0 saturated carbocycles. The van der Waals surface area contributed by atoms with Crippen molar-refractivity contribution in [2.45, 2.75) is 32.6 Å². The number of benzene rings is 2. The van der Waals surface area contributed by atoms with Crippen LogP contribution in [0.4, 0.5) is 18.9 Å². The molecule has 2 rings (SSSR count). The number of anilines is 1. The van der Waals surface area contributed by atoms with E-state index in [0.29, 0.717) is 6.07 Å². The topological polar surface area (TPSA) is 49.4 Å². The Hall–Kier alpha value is -2.54. The van der Waals surface area contributed by atoms with E-state index in [9.17, 15) is 22.8 Å². The number of rotatable bonds is 4. The largest absolute Gasteiger partial charge is 0.418 e. The van der Waals surface area contributed by atoms with Gasteiger partial charge in [0, 0.05) is 17.6 Å². The number of nitrogens with zero attached hydrogens (tertiary/aromatic N) is 1. The molecule has 2 amide bonds. The van der Waals surface area contributed by atoms with Crippen molar-refractivity contribution in [3.05, 3.63) is 64.7 Å². The van der Waals surface area contributed by atoms with Crippen molar-refractivity contribution < 1.29 is 22.8 Å². The van der Waals surface area contributed by atoms with E-state index >= 15 is 0 Å². The Bertz CT molecular complexity index is 823. The smallest absolute Gasteiger partial charge is 0.328 e. The van der Waals surface area contributed by atoms with Gasteiger partial charge in [-0.15, -0.1) is 0 Å². The minimum Gasteiger partial charge on any atom is -0.328 e. The van der Waals surface area contributed by atoms with Gasteiger partial charge >= 0.3 is 18.0 Å². The SMILES string of the molecule is CC(C)N(Cc1ccccc1)C(=O)C(=O)Nc1ccc(Cl)cc1C(F)(F)F. The average molecular weight is 399 g/mol. The molecule has 144 valence electrons. The van der Waals surface area contributed by atoms with E-state index < -0.39 is 29.2 Å². The first-order valence-corrected chi connectivity index (χ1v) is 8.50. The van der Waals surface area contributed by atoms with Crippen LogP contribution in [0.15, 0.2) is 48.5 Å². The lowest BCUT2D eigenvalue weighted by Gasteiger charge is -2.26. The zero-order valence-electron chi connectivity index (χ0n) is 14.7. The van der Waals surface area contributed by atoms with Crippen molar-refractivity contribution in [2.24, 2.45) is 0 Å². The van der Waals surface area contributed by atoms with E-state index in [1.807, 2.05) is 6.07 Å². The second-order valence-corrected chi connectivity index (χ2v) is 6.59. The van der Waals surface area contributed by atoms with Crippen molar-refractivity contribution in [1.82, 2.24) is 4.90 Å². The highest BCUT2D eigenvalue weighted by Gasteiger charge is 2.35. The zero-order chi connectivity index (χ0) is 20.2. The molecule has 0 saturated heterocycles. The predicted molar refractivity (Wildman–Crippen MR) is 97.2 cm³/mol. The van der Waals surface area contributed by atoms with Gasteiger partial charge in [0.15, 0.2) is 0 Å². The van der Waals surface area contributed by atoms with E-state index in [2.05, 4.69) is 5.32 Å². The highest BCUT2D eigenvalue weighted by molar-refractivity contribution is 6.39. The fourth-order valence-corrected chi connectivity index (χ4v) is 2.61. The lowest BCUT2D eigenvalue weighted by Crippen LogP contribution is -2.43. The molecule has 0 fully saturated rings. The Kier molecular flexibility index (Phi) is 6.49. The van der Waals surface area contributed by atoms with Crippen LogP contribution in [0.25, 0.3) is 0 Å². The number of hydrogen-bond donors (Lipinski definition) is 1. The molecule has 0 atom stereocenters. The first kappa shape index (κ1) is 20.8. The summed E-state index contributed by atoms with van der Waals surface area (Å²) in [6.45, 7) is 3.60. The van der Waals surface area contributed by atoms with Crippen LogP contribution in [0.2, 0.25) is 5.02 Å². The van der Waals surface area contributed by atoms with Crippen LogP contribution in [0.5, 0.6) is 0 Å². The van der Waals surface area contributed by atoms with Crippen molar-refractivity contribution in [3.8, 4) is 0 Å². The summed E-state index contributed by atoms with van der Waals surface area (Å²) >= 11 is 5.62. The summed E-state index contributed by atoms with van der Waals surface area (Å²) in [4.78, 5) is 26.1. The second kappa shape index (κ2) is 8.43. The molecule has 0 aliphatic heterocycles. The van der Waals surface area contributed by atoms with Crippen LogP contribution in [0.1, 0.15) is 25.0 Å². The zero-order valence-corrected chi connectivity index (χ0v) is 15.4. The number of hydrogen-bond acceptors (Lipinski definition) is 2. The highest BCUT2D eigenvalue weighted by Crippen LogP contribution is 2.36. The number of nitrogens with one attached hydrogen (secondary N) is 1. The second-order valence-electron chi connectivity index (χ2n) is 6.15. The van der Waals surface area contributed by atoms with Crippen molar-refractivity contribution in [2.75, 3.05) is 5.32 Å². The van der Waals surface area contributed by atoms with Gasteiger partial charge in [-0.05, 0) is 37.6 Å². The van der Waals surface area contributed by atoms with Gasteiger partial charge in [-0.1, -0.05) is 41.9 Å². The van der Waals surface area contributed by atoms with Gasteiger partial charge in [0.2, 0.25) is 0 Å². The fourth-order valence-electron chi connectivity index (χ4n) is 2.44. The number of amides is 2. The summed E-state index contributed by atoms with van der Waals surface area (Å²) in [7, 11) is 0. The molecule has 0 heterocycles. The van der Waals surface area contributed by atoms with Crippen molar-refractivity contribution in [1.29, 1.82) is 0 Å². The number of alkyl halides is 3. The van der Waals surface area contributed by atoms with E-state index in [-0.39, 0.29) is 17.6 Å². The molecule has 2 aromatic rings. The molecule has 0 aromatic heterocycles. The molecule has 0 bridgehead atoms. The lowest BCUT2D eigenvalue weighted by atomic mass is 10.1. The molecule has 0 spiro atoms. The van der Waals surface area contributed by atoms with Gasteiger partial charge in [0.1, 0.15) is 0 Å². The van der Waals surface area contributed by atoms with E-state index in [1.54, 1.807) is 38.1 Å². The van der Waals surface area contributed by atoms with Gasteiger partial charge in [0.25, 0.3) is 0 Å². The molecule has 1 N–H and O–H groups in total. The molecular formula is C19H18ClF3N2O2. The lowest BCUT2D eigenvalue weighted by molar-refractivity contribution is -0.145. The standard InChI is InChI=1S/C19H18ClF3N2O2/c1-12(2)25(11-13-6-4-3-5-7-13)18(27)17(26)24-16-9-8-14(20)10-15(16)19(21,22)23/h3-10,12H,11H2,1-2H3,(H,24,26). The van der Waals surface area contributed by atoms with Crippen LogP contribution in [0, 0.1) is 0 Å². The van der Waals surface area contributed by atoms with Gasteiger partial charge < -0.3 is 10.2 Å². The summed E-state index contributed by atoms with van der Waals surface area (Å²) in [5.74, 6) is -2.07.